The number of furan rings is 1. The van der Waals surface area contributed by atoms with Crippen molar-refractivity contribution >= 4 is 22.1 Å². The van der Waals surface area contributed by atoms with E-state index in [1.54, 1.807) is 6.20 Å². The Labute approximate surface area is 212 Å². The lowest BCUT2D eigenvalue weighted by Gasteiger charge is -2.43. The Hall–Kier alpha value is -2.68. The molecule has 3 heteroatoms. The molecule has 1 aromatic carbocycles. The van der Waals surface area contributed by atoms with E-state index in [1.165, 1.54) is 22.1 Å². The van der Waals surface area contributed by atoms with Crippen LogP contribution in [0.25, 0.3) is 33.3 Å². The molecule has 1 fully saturated rings. The molecule has 3 heterocycles. The van der Waals surface area contributed by atoms with Crippen LogP contribution in [0.3, 0.4) is 0 Å². The molecule has 0 unspecified atom stereocenters. The first-order valence-corrected chi connectivity index (χ1v) is 13.3. The maximum absolute atomic E-state index is 9.09. The number of aromatic nitrogens is 2. The first kappa shape index (κ1) is 20.5. The van der Waals surface area contributed by atoms with Crippen LogP contribution in [0.2, 0.25) is 0 Å². The summed E-state index contributed by atoms with van der Waals surface area (Å²) >= 11 is 0. The third kappa shape index (κ3) is 3.53. The van der Waals surface area contributed by atoms with Crippen LogP contribution < -0.4 is 4.57 Å². The molecule has 0 N–H and O–H groups in total. The van der Waals surface area contributed by atoms with Gasteiger partial charge >= 0.3 is 0 Å². The maximum atomic E-state index is 9.09. The van der Waals surface area contributed by atoms with Crippen LogP contribution >= 0.6 is 0 Å². The molecule has 35 heavy (non-hydrogen) atoms. The van der Waals surface area contributed by atoms with Crippen molar-refractivity contribution in [1.29, 1.82) is 0 Å². The van der Waals surface area contributed by atoms with E-state index in [4.69, 9.17) is 7.16 Å². The lowest BCUT2D eigenvalue weighted by atomic mass is 9.60. The fraction of sp³-hybridized carbons (Fsp3) is 0.500. The molecule has 2 aliphatic carbocycles. The van der Waals surface area contributed by atoms with Gasteiger partial charge in [0.15, 0.2) is 11.8 Å². The molecule has 2 aliphatic rings. The van der Waals surface area contributed by atoms with Gasteiger partial charge in [-0.3, -0.25) is 0 Å². The number of benzene rings is 1. The minimum Gasteiger partial charge on any atom is -0.437 e. The van der Waals surface area contributed by atoms with E-state index in [2.05, 4.69) is 63.4 Å². The summed E-state index contributed by atoms with van der Waals surface area (Å²) in [6.45, 7) is 11.7. The zero-order valence-electron chi connectivity index (χ0n) is 24.1. The highest BCUT2D eigenvalue weighted by Gasteiger charge is 2.42. The fourth-order valence-electron chi connectivity index (χ4n) is 6.88. The Morgan fingerprint density at radius 2 is 1.80 bits per heavy atom. The minimum atomic E-state index is -1.35. The molecule has 0 saturated heterocycles. The Bertz CT molecular complexity index is 1540. The molecule has 0 aliphatic heterocycles. The van der Waals surface area contributed by atoms with E-state index in [0.717, 1.165) is 66.3 Å². The summed E-state index contributed by atoms with van der Waals surface area (Å²) in [7, 11) is 2.06. The molecule has 0 atom stereocenters. The van der Waals surface area contributed by atoms with Gasteiger partial charge in [0.2, 0.25) is 11.4 Å². The van der Waals surface area contributed by atoms with Crippen LogP contribution in [-0.4, -0.2) is 4.98 Å². The number of nitrogens with zero attached hydrogens (tertiary/aromatic N) is 2. The van der Waals surface area contributed by atoms with E-state index in [1.807, 2.05) is 18.3 Å². The third-order valence-corrected chi connectivity index (χ3v) is 8.80. The number of aryl methyl sites for hydroxylation is 1. The highest BCUT2D eigenvalue weighted by molar-refractivity contribution is 6.12. The number of pyridine rings is 2. The summed E-state index contributed by atoms with van der Waals surface area (Å²) in [6.07, 6.45) is 8.90. The van der Waals surface area contributed by atoms with E-state index in [9.17, 15) is 0 Å². The Morgan fingerprint density at radius 3 is 2.54 bits per heavy atom. The van der Waals surface area contributed by atoms with Crippen LogP contribution in [0, 0.1) is 12.8 Å². The second-order valence-corrected chi connectivity index (χ2v) is 12.2. The minimum absolute atomic E-state index is 0.0169. The summed E-state index contributed by atoms with van der Waals surface area (Å²) in [5.74, 6) is 0.0767. The Balaban J connectivity index is 1.72. The van der Waals surface area contributed by atoms with Crippen LogP contribution in [-0.2, 0) is 24.3 Å². The van der Waals surface area contributed by atoms with Crippen molar-refractivity contribution in [3.63, 3.8) is 0 Å². The van der Waals surface area contributed by atoms with Gasteiger partial charge in [-0.05, 0) is 77.3 Å². The molecule has 182 valence electrons. The van der Waals surface area contributed by atoms with Gasteiger partial charge in [-0.25, -0.2) is 9.55 Å². The topological polar surface area (TPSA) is 29.9 Å². The number of rotatable bonds is 3. The van der Waals surface area contributed by atoms with E-state index in [-0.39, 0.29) is 16.7 Å². The third-order valence-electron chi connectivity index (χ3n) is 8.80. The molecule has 4 aromatic rings. The van der Waals surface area contributed by atoms with Crippen LogP contribution in [0.15, 0.2) is 41.1 Å². The van der Waals surface area contributed by atoms with Gasteiger partial charge in [-0.1, -0.05) is 53.4 Å². The highest BCUT2D eigenvalue weighted by Crippen LogP contribution is 2.54. The van der Waals surface area contributed by atoms with Crippen molar-refractivity contribution in [1.82, 2.24) is 4.98 Å². The van der Waals surface area contributed by atoms with Gasteiger partial charge in [0.25, 0.3) is 0 Å². The summed E-state index contributed by atoms with van der Waals surface area (Å²) in [5, 5.41) is 2.25. The molecule has 0 bridgehead atoms. The van der Waals surface area contributed by atoms with Gasteiger partial charge in [-0.2, -0.15) is 0 Å². The SMILES string of the molecule is [2H]C([2H])(c1cc[n+](C)c(-c2c(C)c3c(c4c2oc2ncccc24)C(C)(C)CCC3(C)C)c1)C1CCCC1. The Kier molecular flexibility index (Phi) is 4.64. The van der Waals surface area contributed by atoms with Gasteiger partial charge in [0, 0.05) is 31.8 Å². The molecular formula is C32H39N2O+. The molecule has 6 rings (SSSR count). The van der Waals surface area contributed by atoms with Crippen molar-refractivity contribution < 1.29 is 11.7 Å². The summed E-state index contributed by atoms with van der Waals surface area (Å²) in [4.78, 5) is 4.61. The zero-order valence-corrected chi connectivity index (χ0v) is 22.1. The van der Waals surface area contributed by atoms with Gasteiger partial charge in [-0.15, -0.1) is 0 Å². The van der Waals surface area contributed by atoms with Gasteiger partial charge < -0.3 is 4.42 Å². The van der Waals surface area contributed by atoms with E-state index >= 15 is 0 Å². The number of fused-ring (bicyclic) bond motifs is 5. The van der Waals surface area contributed by atoms with Crippen molar-refractivity contribution in [3.8, 4) is 11.3 Å². The first-order valence-electron chi connectivity index (χ1n) is 14.3. The summed E-state index contributed by atoms with van der Waals surface area (Å²) in [5.41, 5.74) is 8.50. The smallest absolute Gasteiger partial charge is 0.227 e. The molecule has 0 amide bonds. The van der Waals surface area contributed by atoms with Crippen molar-refractivity contribution in [2.24, 2.45) is 13.0 Å². The number of hydrogen-bond acceptors (Lipinski definition) is 2. The van der Waals surface area contributed by atoms with Crippen LogP contribution in [0.4, 0.5) is 0 Å². The average molecular weight is 470 g/mol. The maximum Gasteiger partial charge on any atom is 0.227 e. The first-order chi connectivity index (χ1) is 17.4. The van der Waals surface area contributed by atoms with Crippen LogP contribution in [0.5, 0.6) is 0 Å². The van der Waals surface area contributed by atoms with E-state index < -0.39 is 6.37 Å². The largest absolute Gasteiger partial charge is 0.437 e. The number of hydrogen-bond donors (Lipinski definition) is 0. The van der Waals surface area contributed by atoms with Crippen molar-refractivity contribution in [2.45, 2.75) is 90.3 Å². The normalized spacial score (nSPS) is 20.7. The second kappa shape index (κ2) is 7.91. The lowest BCUT2D eigenvalue weighted by molar-refractivity contribution is -0.660. The molecule has 0 radical (unpaired) electrons. The quantitative estimate of drug-likeness (QED) is 0.286. The standard InChI is InChI=1S/C32H39N2O/c1-20-25(24-19-22(13-17-34(24)6)18-21-10-7-8-11-21)29-26(23-12-9-16-33-30(23)35-29)28-27(20)31(2,3)14-15-32(28,4)5/h9,12-13,16-17,19,21H,7-8,10-11,14-15,18H2,1-6H3/q+1/i18D2. The van der Waals surface area contributed by atoms with Gasteiger partial charge in [0.05, 0.1) is 5.56 Å². The molecular weight excluding hydrogens is 428 g/mol. The van der Waals surface area contributed by atoms with Crippen molar-refractivity contribution in [3.05, 3.63) is 58.9 Å². The van der Waals surface area contributed by atoms with E-state index in [0.29, 0.717) is 5.71 Å². The van der Waals surface area contributed by atoms with Crippen LogP contribution in [0.1, 0.15) is 91.2 Å². The molecule has 3 nitrogen and oxygen atoms in total. The molecule has 3 aromatic heterocycles. The van der Waals surface area contributed by atoms with Crippen molar-refractivity contribution in [2.75, 3.05) is 0 Å². The monoisotopic (exact) mass is 469 g/mol. The fourth-order valence-corrected chi connectivity index (χ4v) is 6.88. The average Bonchev–Trinajstić information content (AvgIpc) is 3.51. The highest BCUT2D eigenvalue weighted by atomic mass is 16.3. The predicted molar refractivity (Wildman–Crippen MR) is 144 cm³/mol. The summed E-state index contributed by atoms with van der Waals surface area (Å²) in [6, 6.07) is 8.20. The zero-order chi connectivity index (χ0) is 26.3. The molecule has 0 spiro atoms. The second-order valence-electron chi connectivity index (χ2n) is 12.2. The lowest BCUT2D eigenvalue weighted by Crippen LogP contribution is -2.36. The molecule has 1 saturated carbocycles. The predicted octanol–water partition coefficient (Wildman–Crippen LogP) is 7.86. The Morgan fingerprint density at radius 1 is 1.09 bits per heavy atom. The summed E-state index contributed by atoms with van der Waals surface area (Å²) < 4.78 is 26.9. The van der Waals surface area contributed by atoms with Gasteiger partial charge in [0.1, 0.15) is 7.05 Å².